The molecule has 2 amide bonds. The van der Waals surface area contributed by atoms with Gasteiger partial charge in [0.25, 0.3) is 11.8 Å². The highest BCUT2D eigenvalue weighted by molar-refractivity contribution is 6.05. The van der Waals surface area contributed by atoms with Gasteiger partial charge in [-0.25, -0.2) is 4.39 Å². The second-order valence-corrected chi connectivity index (χ2v) is 8.22. The first-order valence-corrected chi connectivity index (χ1v) is 11.4. The molecule has 36 heavy (non-hydrogen) atoms. The van der Waals surface area contributed by atoms with Crippen molar-refractivity contribution in [2.24, 2.45) is 0 Å². The first-order valence-electron chi connectivity index (χ1n) is 11.4. The van der Waals surface area contributed by atoms with Gasteiger partial charge in [-0.15, -0.1) is 0 Å². The summed E-state index contributed by atoms with van der Waals surface area (Å²) >= 11 is 0. The van der Waals surface area contributed by atoms with Crippen LogP contribution in [0.4, 0.5) is 21.5 Å². The Bertz CT molecular complexity index is 1360. The number of aryl methyl sites for hydroxylation is 1. The van der Waals surface area contributed by atoms with E-state index in [2.05, 4.69) is 16.0 Å². The Balaban J connectivity index is 1.60. The van der Waals surface area contributed by atoms with Crippen LogP contribution >= 0.6 is 0 Å². The zero-order valence-electron chi connectivity index (χ0n) is 19.9. The Hall–Kier alpha value is -4.65. The van der Waals surface area contributed by atoms with E-state index in [0.717, 1.165) is 17.2 Å². The third-order valence-corrected chi connectivity index (χ3v) is 5.56. The third-order valence-electron chi connectivity index (χ3n) is 5.56. The Labute approximate surface area is 209 Å². The van der Waals surface area contributed by atoms with E-state index in [9.17, 15) is 14.0 Å². The van der Waals surface area contributed by atoms with Crippen LogP contribution in [0.3, 0.4) is 0 Å². The summed E-state index contributed by atoms with van der Waals surface area (Å²) in [4.78, 5) is 26.0. The van der Waals surface area contributed by atoms with Crippen LogP contribution in [-0.2, 0) is 4.79 Å². The fraction of sp³-hybridized carbons (Fsp3) is 0.103. The molecule has 1 atom stereocenters. The normalized spacial score (nSPS) is 11.3. The van der Waals surface area contributed by atoms with Crippen molar-refractivity contribution in [3.05, 3.63) is 120 Å². The molecule has 0 aromatic heterocycles. The van der Waals surface area contributed by atoms with Crippen molar-refractivity contribution in [3.63, 3.8) is 0 Å². The molecule has 0 aliphatic carbocycles. The molecule has 6 nitrogen and oxygen atoms in total. The van der Waals surface area contributed by atoms with Crippen LogP contribution in [0.15, 0.2) is 97.1 Å². The molecule has 0 radical (unpaired) electrons. The standard InChI is InChI=1S/C29H26FN3O3/c1-19-11-13-23(14-12-19)32-29(35)27(20-7-4-3-5-8-20)31-24-15-16-26(36-2)25(18-24)33-28(34)21-9-6-10-22(30)17-21/h3-18,27,31H,1-2H3,(H,32,35)(H,33,34). The number of carbonyl (C=O) groups is 2. The second-order valence-electron chi connectivity index (χ2n) is 8.22. The fourth-order valence-electron chi connectivity index (χ4n) is 3.68. The highest BCUT2D eigenvalue weighted by Gasteiger charge is 2.21. The number of amides is 2. The summed E-state index contributed by atoms with van der Waals surface area (Å²) < 4.78 is 19.0. The smallest absolute Gasteiger partial charge is 0.255 e. The second kappa shape index (κ2) is 11.2. The summed E-state index contributed by atoms with van der Waals surface area (Å²) in [5, 5.41) is 8.98. The lowest BCUT2D eigenvalue weighted by atomic mass is 10.1. The molecule has 4 aromatic rings. The highest BCUT2D eigenvalue weighted by atomic mass is 19.1. The number of benzene rings is 4. The highest BCUT2D eigenvalue weighted by Crippen LogP contribution is 2.31. The Morgan fingerprint density at radius 1 is 0.806 bits per heavy atom. The van der Waals surface area contributed by atoms with Gasteiger partial charge in [-0.1, -0.05) is 54.1 Å². The lowest BCUT2D eigenvalue weighted by Crippen LogP contribution is -2.27. The zero-order valence-corrected chi connectivity index (χ0v) is 19.9. The number of hydrogen-bond donors (Lipinski definition) is 3. The maximum atomic E-state index is 13.6. The van der Waals surface area contributed by atoms with E-state index in [4.69, 9.17) is 4.74 Å². The minimum Gasteiger partial charge on any atom is -0.495 e. The molecule has 0 fully saturated rings. The molecule has 3 N–H and O–H groups in total. The van der Waals surface area contributed by atoms with Gasteiger partial charge in [0, 0.05) is 16.9 Å². The third kappa shape index (κ3) is 6.07. The van der Waals surface area contributed by atoms with Gasteiger partial charge in [0.1, 0.15) is 17.6 Å². The summed E-state index contributed by atoms with van der Waals surface area (Å²) in [6.45, 7) is 1.98. The summed E-state index contributed by atoms with van der Waals surface area (Å²) in [7, 11) is 1.49. The van der Waals surface area contributed by atoms with Crippen LogP contribution in [0.25, 0.3) is 0 Å². The predicted molar refractivity (Wildman–Crippen MR) is 140 cm³/mol. The molecular weight excluding hydrogens is 457 g/mol. The number of carbonyl (C=O) groups excluding carboxylic acids is 2. The minimum atomic E-state index is -0.715. The lowest BCUT2D eigenvalue weighted by Gasteiger charge is -2.21. The van der Waals surface area contributed by atoms with Crippen LogP contribution in [0.2, 0.25) is 0 Å². The molecular formula is C29H26FN3O3. The topological polar surface area (TPSA) is 79.5 Å². The van der Waals surface area contributed by atoms with E-state index in [-0.39, 0.29) is 11.5 Å². The van der Waals surface area contributed by atoms with E-state index in [1.54, 1.807) is 18.2 Å². The van der Waals surface area contributed by atoms with Gasteiger partial charge < -0.3 is 20.7 Å². The van der Waals surface area contributed by atoms with E-state index in [1.807, 2.05) is 61.5 Å². The summed E-state index contributed by atoms with van der Waals surface area (Å²) in [5.74, 6) is -0.811. The van der Waals surface area contributed by atoms with E-state index < -0.39 is 17.8 Å². The van der Waals surface area contributed by atoms with Gasteiger partial charge in [0.15, 0.2) is 0 Å². The molecule has 0 aliphatic heterocycles. The summed E-state index contributed by atoms with van der Waals surface area (Å²) in [6, 6.07) is 26.7. The average molecular weight is 484 g/mol. The van der Waals surface area contributed by atoms with Crippen molar-refractivity contribution >= 4 is 28.9 Å². The van der Waals surface area contributed by atoms with Gasteiger partial charge >= 0.3 is 0 Å². The summed E-state index contributed by atoms with van der Waals surface area (Å²) in [6.07, 6.45) is 0. The van der Waals surface area contributed by atoms with Crippen LogP contribution in [-0.4, -0.2) is 18.9 Å². The number of anilines is 3. The maximum absolute atomic E-state index is 13.6. The number of halogens is 1. The number of rotatable bonds is 8. The lowest BCUT2D eigenvalue weighted by molar-refractivity contribution is -0.117. The van der Waals surface area contributed by atoms with Crippen molar-refractivity contribution in [2.45, 2.75) is 13.0 Å². The first kappa shape index (κ1) is 24.5. The largest absolute Gasteiger partial charge is 0.495 e. The monoisotopic (exact) mass is 483 g/mol. The van der Waals surface area contributed by atoms with E-state index in [1.165, 1.54) is 25.3 Å². The van der Waals surface area contributed by atoms with Gasteiger partial charge in [-0.05, 0) is 61.0 Å². The molecule has 0 saturated heterocycles. The first-order chi connectivity index (χ1) is 17.4. The van der Waals surface area contributed by atoms with Crippen LogP contribution in [0.1, 0.15) is 27.5 Å². The molecule has 0 aliphatic rings. The molecule has 0 saturated carbocycles. The van der Waals surface area contributed by atoms with Crippen molar-refractivity contribution in [2.75, 3.05) is 23.1 Å². The minimum absolute atomic E-state index is 0.176. The maximum Gasteiger partial charge on any atom is 0.255 e. The molecule has 182 valence electrons. The van der Waals surface area contributed by atoms with Gasteiger partial charge in [-0.3, -0.25) is 9.59 Å². The number of nitrogens with one attached hydrogen (secondary N) is 3. The Morgan fingerprint density at radius 2 is 1.53 bits per heavy atom. The predicted octanol–water partition coefficient (Wildman–Crippen LogP) is 6.19. The molecule has 0 bridgehead atoms. The van der Waals surface area contributed by atoms with E-state index >= 15 is 0 Å². The Morgan fingerprint density at radius 3 is 2.22 bits per heavy atom. The fourth-order valence-corrected chi connectivity index (χ4v) is 3.68. The Kier molecular flexibility index (Phi) is 7.60. The molecule has 0 spiro atoms. The van der Waals surface area contributed by atoms with Gasteiger partial charge in [0.2, 0.25) is 0 Å². The van der Waals surface area contributed by atoms with Crippen molar-refractivity contribution in [1.29, 1.82) is 0 Å². The average Bonchev–Trinajstić information content (AvgIpc) is 2.89. The van der Waals surface area contributed by atoms with Crippen molar-refractivity contribution in [1.82, 2.24) is 0 Å². The van der Waals surface area contributed by atoms with Gasteiger partial charge in [-0.2, -0.15) is 0 Å². The number of methoxy groups -OCH3 is 1. The quantitative estimate of drug-likeness (QED) is 0.279. The molecule has 4 aromatic carbocycles. The molecule has 4 rings (SSSR count). The molecule has 0 heterocycles. The van der Waals surface area contributed by atoms with Crippen molar-refractivity contribution < 1.29 is 18.7 Å². The molecule has 7 heteroatoms. The van der Waals surface area contributed by atoms with E-state index in [0.29, 0.717) is 22.8 Å². The molecule has 1 unspecified atom stereocenters. The van der Waals surface area contributed by atoms with Crippen LogP contribution in [0.5, 0.6) is 5.75 Å². The number of ether oxygens (including phenoxy) is 1. The zero-order chi connectivity index (χ0) is 25.5. The SMILES string of the molecule is COc1ccc(NC(C(=O)Nc2ccc(C)cc2)c2ccccc2)cc1NC(=O)c1cccc(F)c1. The number of hydrogen-bond acceptors (Lipinski definition) is 4. The van der Waals surface area contributed by atoms with Crippen LogP contribution < -0.4 is 20.7 Å². The summed E-state index contributed by atoms with van der Waals surface area (Å²) in [5.41, 5.74) is 3.68. The van der Waals surface area contributed by atoms with Crippen LogP contribution in [0, 0.1) is 12.7 Å². The van der Waals surface area contributed by atoms with Gasteiger partial charge in [0.05, 0.1) is 12.8 Å². The van der Waals surface area contributed by atoms with Crippen molar-refractivity contribution in [3.8, 4) is 5.75 Å².